The van der Waals surface area contributed by atoms with Crippen LogP contribution in [0.1, 0.15) is 23.1 Å². The normalized spacial score (nSPS) is 10.2. The van der Waals surface area contributed by atoms with E-state index in [9.17, 15) is 4.79 Å². The molecule has 112 valence electrons. The van der Waals surface area contributed by atoms with Crippen molar-refractivity contribution in [3.8, 4) is 5.75 Å². The van der Waals surface area contributed by atoms with Crippen molar-refractivity contribution in [2.45, 2.75) is 13.3 Å². The Morgan fingerprint density at radius 3 is 2.95 bits per heavy atom. The summed E-state index contributed by atoms with van der Waals surface area (Å²) in [5, 5.41) is 14.6. The van der Waals surface area contributed by atoms with Crippen molar-refractivity contribution >= 4 is 44.0 Å². The van der Waals surface area contributed by atoms with E-state index < -0.39 is 0 Å². The number of aromatic nitrogens is 2. The summed E-state index contributed by atoms with van der Waals surface area (Å²) in [4.78, 5) is 12.1. The highest BCUT2D eigenvalue weighted by molar-refractivity contribution is 9.10. The van der Waals surface area contributed by atoms with Crippen LogP contribution in [0.5, 0.6) is 5.75 Å². The Labute approximate surface area is 135 Å². The van der Waals surface area contributed by atoms with E-state index in [-0.39, 0.29) is 5.91 Å². The summed E-state index contributed by atoms with van der Waals surface area (Å²) in [5.41, 5.74) is 0.637. The molecule has 6 nitrogen and oxygen atoms in total. The summed E-state index contributed by atoms with van der Waals surface area (Å²) in [5.74, 6) is 0.358. The number of amides is 1. The maximum absolute atomic E-state index is 12.1. The summed E-state index contributed by atoms with van der Waals surface area (Å²) in [7, 11) is 1.57. The highest BCUT2D eigenvalue weighted by Crippen LogP contribution is 2.28. The van der Waals surface area contributed by atoms with Gasteiger partial charge < -0.3 is 15.4 Å². The van der Waals surface area contributed by atoms with E-state index in [0.717, 1.165) is 17.4 Å². The third kappa shape index (κ3) is 4.15. The van der Waals surface area contributed by atoms with Gasteiger partial charge in [0, 0.05) is 18.3 Å². The van der Waals surface area contributed by atoms with Gasteiger partial charge in [0.2, 0.25) is 10.1 Å². The van der Waals surface area contributed by atoms with Crippen molar-refractivity contribution in [1.29, 1.82) is 0 Å². The van der Waals surface area contributed by atoms with Gasteiger partial charge in [-0.3, -0.25) is 4.79 Å². The van der Waals surface area contributed by atoms with E-state index in [1.54, 1.807) is 19.2 Å². The number of rotatable bonds is 6. The van der Waals surface area contributed by atoms with E-state index in [4.69, 9.17) is 4.74 Å². The number of carbonyl (C=O) groups is 1. The first-order chi connectivity index (χ1) is 10.1. The number of hydrogen-bond acceptors (Lipinski definition) is 6. The lowest BCUT2D eigenvalue weighted by atomic mass is 10.3. The Bertz CT molecular complexity index is 632. The fraction of sp³-hybridized carbons (Fsp3) is 0.308. The zero-order valence-corrected chi connectivity index (χ0v) is 14.0. The Morgan fingerprint density at radius 2 is 2.24 bits per heavy atom. The highest BCUT2D eigenvalue weighted by atomic mass is 79.9. The molecule has 21 heavy (non-hydrogen) atoms. The predicted molar refractivity (Wildman–Crippen MR) is 87.3 cm³/mol. The molecule has 2 N–H and O–H groups in total. The summed E-state index contributed by atoms with van der Waals surface area (Å²) in [6.45, 7) is 2.86. The average Bonchev–Trinajstić information content (AvgIpc) is 2.96. The lowest BCUT2D eigenvalue weighted by Gasteiger charge is -2.07. The van der Waals surface area contributed by atoms with Gasteiger partial charge in [-0.15, -0.1) is 10.2 Å². The number of nitrogens with zero attached hydrogens (tertiary/aromatic N) is 2. The molecule has 0 radical (unpaired) electrons. The van der Waals surface area contributed by atoms with Gasteiger partial charge in [-0.1, -0.05) is 18.3 Å². The van der Waals surface area contributed by atoms with E-state index >= 15 is 0 Å². The van der Waals surface area contributed by atoms with E-state index in [0.29, 0.717) is 21.6 Å². The van der Waals surface area contributed by atoms with Crippen LogP contribution in [0.25, 0.3) is 0 Å². The largest absolute Gasteiger partial charge is 0.495 e. The Hall–Kier alpha value is -1.67. The van der Waals surface area contributed by atoms with Gasteiger partial charge in [0.25, 0.3) is 5.91 Å². The molecule has 0 fully saturated rings. The number of carbonyl (C=O) groups excluding carboxylic acids is 1. The number of methoxy groups -OCH3 is 1. The number of anilines is 2. The summed E-state index contributed by atoms with van der Waals surface area (Å²) < 4.78 is 6.01. The number of hydrogen-bond donors (Lipinski definition) is 2. The van der Waals surface area contributed by atoms with Gasteiger partial charge in [0.05, 0.1) is 11.6 Å². The van der Waals surface area contributed by atoms with Gasteiger partial charge in [-0.25, -0.2) is 0 Å². The number of benzene rings is 1. The minimum Gasteiger partial charge on any atom is -0.495 e. The molecule has 0 saturated carbocycles. The monoisotopic (exact) mass is 370 g/mol. The van der Waals surface area contributed by atoms with Crippen LogP contribution in [0.2, 0.25) is 0 Å². The number of halogens is 1. The molecule has 0 bridgehead atoms. The van der Waals surface area contributed by atoms with Gasteiger partial charge in [0.15, 0.2) is 0 Å². The molecular formula is C13H15BrN4O2S. The second-order valence-corrected chi connectivity index (χ2v) is 5.97. The molecule has 0 aliphatic rings. The van der Waals surface area contributed by atoms with Gasteiger partial charge in [-0.2, -0.15) is 0 Å². The van der Waals surface area contributed by atoms with Crippen molar-refractivity contribution in [2.75, 3.05) is 24.3 Å². The van der Waals surface area contributed by atoms with Crippen LogP contribution in [0, 0.1) is 0 Å². The fourth-order valence-electron chi connectivity index (χ4n) is 1.54. The third-order valence-corrected chi connectivity index (χ3v) is 4.09. The molecule has 1 heterocycles. The molecule has 1 amide bonds. The van der Waals surface area contributed by atoms with Crippen LogP contribution in [0.15, 0.2) is 22.7 Å². The predicted octanol–water partition coefficient (Wildman–Crippen LogP) is 3.38. The molecule has 0 unspecified atom stereocenters. The lowest BCUT2D eigenvalue weighted by Crippen LogP contribution is -2.11. The molecule has 2 rings (SSSR count). The van der Waals surface area contributed by atoms with Crippen molar-refractivity contribution < 1.29 is 9.53 Å². The molecule has 0 saturated heterocycles. The van der Waals surface area contributed by atoms with Crippen LogP contribution in [0.3, 0.4) is 0 Å². The first-order valence-corrected chi connectivity index (χ1v) is 7.97. The van der Waals surface area contributed by atoms with Crippen molar-refractivity contribution in [3.05, 3.63) is 27.7 Å². The van der Waals surface area contributed by atoms with Gasteiger partial charge in [-0.05, 0) is 34.5 Å². The molecular weight excluding hydrogens is 356 g/mol. The average molecular weight is 371 g/mol. The summed E-state index contributed by atoms with van der Waals surface area (Å²) in [6, 6.07) is 5.32. The summed E-state index contributed by atoms with van der Waals surface area (Å²) >= 11 is 4.59. The minimum atomic E-state index is -0.290. The Morgan fingerprint density at radius 1 is 1.43 bits per heavy atom. The zero-order valence-electron chi connectivity index (χ0n) is 11.6. The highest BCUT2D eigenvalue weighted by Gasteiger charge is 2.13. The second kappa shape index (κ2) is 7.37. The van der Waals surface area contributed by atoms with E-state index in [1.807, 2.05) is 6.07 Å². The van der Waals surface area contributed by atoms with Crippen LogP contribution in [-0.4, -0.2) is 29.8 Å². The lowest BCUT2D eigenvalue weighted by molar-refractivity contribution is 0.102. The Kier molecular flexibility index (Phi) is 5.51. The molecule has 0 atom stereocenters. The van der Waals surface area contributed by atoms with Crippen molar-refractivity contribution in [3.63, 3.8) is 0 Å². The van der Waals surface area contributed by atoms with Gasteiger partial charge >= 0.3 is 0 Å². The van der Waals surface area contributed by atoms with Crippen molar-refractivity contribution in [2.24, 2.45) is 0 Å². The molecule has 1 aromatic carbocycles. The zero-order chi connectivity index (χ0) is 15.2. The first kappa shape index (κ1) is 15.7. The Balaban J connectivity index is 2.05. The fourth-order valence-corrected chi connectivity index (χ4v) is 2.61. The number of ether oxygens (including phenoxy) is 1. The SMILES string of the molecule is CCCNc1nnc(C(=O)Nc2ccc(Br)c(OC)c2)s1. The summed E-state index contributed by atoms with van der Waals surface area (Å²) in [6.07, 6.45) is 0.986. The maximum Gasteiger partial charge on any atom is 0.286 e. The quantitative estimate of drug-likeness (QED) is 0.814. The smallest absolute Gasteiger partial charge is 0.286 e. The third-order valence-electron chi connectivity index (χ3n) is 2.55. The van der Waals surface area contributed by atoms with Crippen LogP contribution < -0.4 is 15.4 Å². The molecule has 2 aromatic rings. The van der Waals surface area contributed by atoms with Crippen molar-refractivity contribution in [1.82, 2.24) is 10.2 Å². The minimum absolute atomic E-state index is 0.290. The standard InChI is InChI=1S/C13H15BrN4O2S/c1-3-6-15-13-18-17-12(21-13)11(19)16-8-4-5-9(14)10(7-8)20-2/h4-5,7H,3,6H2,1-2H3,(H,15,18)(H,16,19). The molecule has 0 spiro atoms. The molecule has 0 aliphatic heterocycles. The number of nitrogens with one attached hydrogen (secondary N) is 2. The van der Waals surface area contributed by atoms with E-state index in [1.165, 1.54) is 11.3 Å². The van der Waals surface area contributed by atoms with Gasteiger partial charge in [0.1, 0.15) is 5.75 Å². The maximum atomic E-state index is 12.1. The second-order valence-electron chi connectivity index (χ2n) is 4.14. The van der Waals surface area contributed by atoms with E-state index in [2.05, 4.69) is 43.7 Å². The first-order valence-electron chi connectivity index (χ1n) is 6.36. The van der Waals surface area contributed by atoms with Crippen LogP contribution in [0.4, 0.5) is 10.8 Å². The van der Waals surface area contributed by atoms with Crippen LogP contribution in [-0.2, 0) is 0 Å². The molecule has 1 aromatic heterocycles. The molecule has 8 heteroatoms. The molecule has 0 aliphatic carbocycles. The van der Waals surface area contributed by atoms with Crippen LogP contribution >= 0.6 is 27.3 Å². The topological polar surface area (TPSA) is 76.1 Å².